The topological polar surface area (TPSA) is 44.5 Å². The van der Waals surface area contributed by atoms with Gasteiger partial charge in [-0.05, 0) is 27.6 Å². The Kier molecular flexibility index (Phi) is 3.46. The van der Waals surface area contributed by atoms with Crippen molar-refractivity contribution in [1.82, 2.24) is 15.2 Å². The minimum Gasteiger partial charge on any atom is -0.432 e. The molecule has 1 N–H and O–H groups in total. The highest BCUT2D eigenvalue weighted by atomic mass is 16.4. The lowest BCUT2D eigenvalue weighted by Crippen LogP contribution is -2.31. The summed E-state index contributed by atoms with van der Waals surface area (Å²) in [5.74, 6) is 0. The lowest BCUT2D eigenvalue weighted by molar-refractivity contribution is 0.315. The zero-order valence-corrected chi connectivity index (χ0v) is 10.2. The van der Waals surface area contributed by atoms with Crippen LogP contribution >= 0.6 is 0 Å². The minimum absolute atomic E-state index is 0.611. The van der Waals surface area contributed by atoms with Crippen molar-refractivity contribution in [2.45, 2.75) is 19.0 Å². The van der Waals surface area contributed by atoms with Crippen LogP contribution in [-0.4, -0.2) is 50.2 Å². The maximum absolute atomic E-state index is 5.49. The minimum atomic E-state index is 0.611. The highest BCUT2D eigenvalue weighted by molar-refractivity contribution is 5.29. The van der Waals surface area contributed by atoms with Crippen molar-refractivity contribution >= 4 is 6.01 Å². The van der Waals surface area contributed by atoms with Gasteiger partial charge >= 0.3 is 0 Å². The van der Waals surface area contributed by atoms with Crippen LogP contribution in [0.5, 0.6) is 0 Å². The van der Waals surface area contributed by atoms with E-state index in [0.29, 0.717) is 6.04 Å². The molecule has 0 radical (unpaired) electrons. The van der Waals surface area contributed by atoms with Gasteiger partial charge in [-0.1, -0.05) is 0 Å². The Morgan fingerprint density at radius 3 is 3.06 bits per heavy atom. The van der Waals surface area contributed by atoms with E-state index in [2.05, 4.69) is 34.2 Å². The largest absolute Gasteiger partial charge is 0.432 e. The summed E-state index contributed by atoms with van der Waals surface area (Å²) in [5, 5.41) is 3.07. The Bertz CT molecular complexity index is 336. The van der Waals surface area contributed by atoms with E-state index in [1.54, 1.807) is 6.26 Å². The van der Waals surface area contributed by atoms with Crippen LogP contribution in [0.15, 0.2) is 10.7 Å². The SMILES string of the molecule is CNCc1coc(N2CCC(N(C)C)C2)n1. The molecule has 1 aliphatic heterocycles. The second-order valence-corrected chi connectivity index (χ2v) is 4.50. The highest BCUT2D eigenvalue weighted by Crippen LogP contribution is 2.21. The monoisotopic (exact) mass is 224 g/mol. The van der Waals surface area contributed by atoms with Gasteiger partial charge in [0.1, 0.15) is 6.26 Å². The predicted octanol–water partition coefficient (Wildman–Crippen LogP) is 0.534. The molecule has 90 valence electrons. The second-order valence-electron chi connectivity index (χ2n) is 4.50. The van der Waals surface area contributed by atoms with E-state index in [-0.39, 0.29) is 0 Å². The standard InChI is InChI=1S/C11H20N4O/c1-12-6-9-8-16-11(13-9)15-5-4-10(7-15)14(2)3/h8,10,12H,4-7H2,1-3H3. The Morgan fingerprint density at radius 2 is 2.44 bits per heavy atom. The molecule has 1 fully saturated rings. The molecular formula is C11H20N4O. The fraction of sp³-hybridized carbons (Fsp3) is 0.727. The van der Waals surface area contributed by atoms with Crippen molar-refractivity contribution in [1.29, 1.82) is 0 Å². The maximum Gasteiger partial charge on any atom is 0.297 e. The van der Waals surface area contributed by atoms with Crippen LogP contribution in [0.4, 0.5) is 6.01 Å². The van der Waals surface area contributed by atoms with E-state index in [9.17, 15) is 0 Å². The van der Waals surface area contributed by atoms with Crippen molar-refractivity contribution in [3.05, 3.63) is 12.0 Å². The number of anilines is 1. The fourth-order valence-electron chi connectivity index (χ4n) is 2.04. The second kappa shape index (κ2) is 4.84. The first kappa shape index (κ1) is 11.4. The van der Waals surface area contributed by atoms with Gasteiger partial charge < -0.3 is 19.5 Å². The molecule has 2 heterocycles. The zero-order valence-electron chi connectivity index (χ0n) is 10.2. The third-order valence-corrected chi connectivity index (χ3v) is 3.06. The van der Waals surface area contributed by atoms with Crippen LogP contribution in [0, 0.1) is 0 Å². The lowest BCUT2D eigenvalue weighted by Gasteiger charge is -2.19. The van der Waals surface area contributed by atoms with Gasteiger partial charge in [-0.3, -0.25) is 0 Å². The normalized spacial score (nSPS) is 21.0. The number of oxazole rings is 1. The molecule has 1 unspecified atom stereocenters. The summed E-state index contributed by atoms with van der Waals surface area (Å²) in [6, 6.07) is 1.37. The molecule has 1 atom stereocenters. The number of rotatable bonds is 4. The van der Waals surface area contributed by atoms with Crippen molar-refractivity contribution in [2.75, 3.05) is 39.1 Å². The number of hydrogen-bond acceptors (Lipinski definition) is 5. The first-order chi connectivity index (χ1) is 7.70. The molecule has 0 spiro atoms. The van der Waals surface area contributed by atoms with Gasteiger partial charge in [-0.15, -0.1) is 0 Å². The predicted molar refractivity (Wildman–Crippen MR) is 63.6 cm³/mol. The highest BCUT2D eigenvalue weighted by Gasteiger charge is 2.26. The fourth-order valence-corrected chi connectivity index (χ4v) is 2.04. The van der Waals surface area contributed by atoms with Crippen LogP contribution in [-0.2, 0) is 6.54 Å². The Hall–Kier alpha value is -1.07. The van der Waals surface area contributed by atoms with Crippen LogP contribution in [0.3, 0.4) is 0 Å². The molecule has 0 amide bonds. The van der Waals surface area contributed by atoms with E-state index < -0.39 is 0 Å². The molecule has 5 nitrogen and oxygen atoms in total. The van der Waals surface area contributed by atoms with Crippen LogP contribution < -0.4 is 10.2 Å². The molecule has 1 saturated heterocycles. The molecule has 0 saturated carbocycles. The summed E-state index contributed by atoms with van der Waals surface area (Å²) >= 11 is 0. The van der Waals surface area contributed by atoms with E-state index in [1.165, 1.54) is 6.42 Å². The number of nitrogens with zero attached hydrogens (tertiary/aromatic N) is 3. The first-order valence-electron chi connectivity index (χ1n) is 5.71. The van der Waals surface area contributed by atoms with Crippen molar-refractivity contribution in [3.8, 4) is 0 Å². The molecule has 0 aromatic carbocycles. The van der Waals surface area contributed by atoms with Crippen molar-refractivity contribution in [2.24, 2.45) is 0 Å². The summed E-state index contributed by atoms with van der Waals surface area (Å²) in [4.78, 5) is 8.93. The zero-order chi connectivity index (χ0) is 11.5. The Labute approximate surface area is 96.4 Å². The van der Waals surface area contributed by atoms with Gasteiger partial charge in [-0.25, -0.2) is 0 Å². The number of hydrogen-bond donors (Lipinski definition) is 1. The first-order valence-corrected chi connectivity index (χ1v) is 5.71. The molecular weight excluding hydrogens is 204 g/mol. The van der Waals surface area contributed by atoms with E-state index in [4.69, 9.17) is 4.42 Å². The van der Waals surface area contributed by atoms with Gasteiger partial charge in [0, 0.05) is 25.7 Å². The summed E-state index contributed by atoms with van der Waals surface area (Å²) in [7, 11) is 6.15. The molecule has 1 aromatic heterocycles. The van der Waals surface area contributed by atoms with Gasteiger partial charge in [0.15, 0.2) is 0 Å². The number of nitrogens with one attached hydrogen (secondary N) is 1. The summed E-state index contributed by atoms with van der Waals surface area (Å²) in [5.41, 5.74) is 0.964. The smallest absolute Gasteiger partial charge is 0.297 e. The molecule has 0 bridgehead atoms. The van der Waals surface area contributed by atoms with E-state index >= 15 is 0 Å². The summed E-state index contributed by atoms with van der Waals surface area (Å²) in [6.45, 7) is 2.79. The summed E-state index contributed by atoms with van der Waals surface area (Å²) < 4.78 is 5.49. The number of likely N-dealkylation sites (N-methyl/N-ethyl adjacent to an activating group) is 1. The van der Waals surface area contributed by atoms with Gasteiger partial charge in [0.05, 0.1) is 5.69 Å². The third-order valence-electron chi connectivity index (χ3n) is 3.06. The van der Waals surface area contributed by atoms with Crippen LogP contribution in [0.2, 0.25) is 0 Å². The Balaban J connectivity index is 1.97. The molecule has 16 heavy (non-hydrogen) atoms. The average Bonchev–Trinajstić information content (AvgIpc) is 2.84. The van der Waals surface area contributed by atoms with Crippen LogP contribution in [0.1, 0.15) is 12.1 Å². The third kappa shape index (κ3) is 2.36. The molecule has 5 heteroatoms. The van der Waals surface area contributed by atoms with Crippen molar-refractivity contribution in [3.63, 3.8) is 0 Å². The van der Waals surface area contributed by atoms with E-state index in [1.807, 2.05) is 7.05 Å². The molecule has 0 aliphatic carbocycles. The van der Waals surface area contributed by atoms with Gasteiger partial charge in [-0.2, -0.15) is 4.98 Å². The van der Waals surface area contributed by atoms with E-state index in [0.717, 1.165) is 31.3 Å². The lowest BCUT2D eigenvalue weighted by atomic mass is 10.2. The van der Waals surface area contributed by atoms with Crippen molar-refractivity contribution < 1.29 is 4.42 Å². The maximum atomic E-state index is 5.49. The molecule has 1 aromatic rings. The Morgan fingerprint density at radius 1 is 1.62 bits per heavy atom. The van der Waals surface area contributed by atoms with Gasteiger partial charge in [0.25, 0.3) is 6.01 Å². The average molecular weight is 224 g/mol. The van der Waals surface area contributed by atoms with Crippen LogP contribution in [0.25, 0.3) is 0 Å². The summed E-state index contributed by atoms with van der Waals surface area (Å²) in [6.07, 6.45) is 2.91. The molecule has 1 aliphatic rings. The molecule has 2 rings (SSSR count). The number of aromatic nitrogens is 1. The van der Waals surface area contributed by atoms with Gasteiger partial charge in [0.2, 0.25) is 0 Å². The quantitative estimate of drug-likeness (QED) is 0.808.